The van der Waals surface area contributed by atoms with Gasteiger partial charge in [0.15, 0.2) is 0 Å². The van der Waals surface area contributed by atoms with Crippen molar-refractivity contribution in [3.8, 4) is 0 Å². The molecule has 0 amide bonds. The Kier molecular flexibility index (Phi) is 6.48. The van der Waals surface area contributed by atoms with Gasteiger partial charge in [-0.15, -0.1) is 0 Å². The van der Waals surface area contributed by atoms with Gasteiger partial charge >= 0.3 is 0 Å². The monoisotopic (exact) mass is 284 g/mol. The summed E-state index contributed by atoms with van der Waals surface area (Å²) in [5.74, 6) is 0.0673. The number of nitrogens with zero attached hydrogens (tertiary/aromatic N) is 1. The van der Waals surface area contributed by atoms with Gasteiger partial charge in [-0.3, -0.25) is 0 Å². The van der Waals surface area contributed by atoms with E-state index in [-0.39, 0.29) is 5.75 Å². The zero-order chi connectivity index (χ0) is 14.3. The Labute approximate surface area is 116 Å². The lowest BCUT2D eigenvalue weighted by Crippen LogP contribution is -2.33. The topological polar surface area (TPSA) is 63.4 Å². The molecule has 0 aromatic heterocycles. The van der Waals surface area contributed by atoms with Gasteiger partial charge in [0.25, 0.3) is 0 Å². The summed E-state index contributed by atoms with van der Waals surface area (Å²) in [4.78, 5) is 0. The molecule has 0 heterocycles. The van der Waals surface area contributed by atoms with Crippen LogP contribution in [0.4, 0.5) is 0 Å². The minimum atomic E-state index is -3.22. The van der Waals surface area contributed by atoms with Crippen molar-refractivity contribution in [1.29, 1.82) is 0 Å². The van der Waals surface area contributed by atoms with Crippen LogP contribution in [0.25, 0.3) is 0 Å². The van der Waals surface area contributed by atoms with Crippen molar-refractivity contribution < 1.29 is 8.42 Å². The van der Waals surface area contributed by atoms with Gasteiger partial charge in [0.05, 0.1) is 5.75 Å². The first-order valence-corrected chi connectivity index (χ1v) is 8.40. The van der Waals surface area contributed by atoms with Crippen LogP contribution in [-0.2, 0) is 22.3 Å². The van der Waals surface area contributed by atoms with Crippen molar-refractivity contribution in [2.75, 3.05) is 13.1 Å². The van der Waals surface area contributed by atoms with Gasteiger partial charge in [-0.25, -0.2) is 12.7 Å². The lowest BCUT2D eigenvalue weighted by Gasteiger charge is -2.21. The van der Waals surface area contributed by atoms with Crippen molar-refractivity contribution in [3.05, 3.63) is 35.4 Å². The van der Waals surface area contributed by atoms with Crippen LogP contribution in [0, 0.1) is 0 Å². The molecule has 0 saturated heterocycles. The van der Waals surface area contributed by atoms with E-state index in [1.54, 1.807) is 4.31 Å². The minimum absolute atomic E-state index is 0.0673. The highest BCUT2D eigenvalue weighted by atomic mass is 32.2. The van der Waals surface area contributed by atoms with Crippen LogP contribution in [0.15, 0.2) is 24.3 Å². The molecule has 0 spiro atoms. The maximum Gasteiger partial charge on any atom is 0.218 e. The molecule has 0 unspecified atom stereocenters. The molecule has 1 aromatic rings. The third kappa shape index (κ3) is 4.93. The molecule has 2 N–H and O–H groups in total. The Morgan fingerprint density at radius 1 is 1.00 bits per heavy atom. The van der Waals surface area contributed by atoms with E-state index in [1.165, 1.54) is 0 Å². The van der Waals surface area contributed by atoms with E-state index in [0.29, 0.717) is 19.6 Å². The Balaban J connectivity index is 2.81. The first-order chi connectivity index (χ1) is 9.03. The Bertz CT molecular complexity index is 463. The highest BCUT2D eigenvalue weighted by Crippen LogP contribution is 2.13. The van der Waals surface area contributed by atoms with E-state index in [4.69, 9.17) is 5.73 Å². The highest BCUT2D eigenvalue weighted by molar-refractivity contribution is 7.88. The largest absolute Gasteiger partial charge is 0.326 e. The molecular formula is C14H24N2O2S. The fourth-order valence-corrected chi connectivity index (χ4v) is 3.68. The molecule has 5 heteroatoms. The smallest absolute Gasteiger partial charge is 0.218 e. The molecular weight excluding hydrogens is 260 g/mol. The summed E-state index contributed by atoms with van der Waals surface area (Å²) in [5, 5.41) is 0. The van der Waals surface area contributed by atoms with Gasteiger partial charge in [-0.05, 0) is 24.0 Å². The Hall–Kier alpha value is -0.910. The van der Waals surface area contributed by atoms with Gasteiger partial charge in [0.2, 0.25) is 10.0 Å². The number of rotatable bonds is 8. The SMILES string of the molecule is CCCN(CCC)S(=O)(=O)Cc1ccc(CN)cc1. The maximum atomic E-state index is 12.3. The van der Waals surface area contributed by atoms with E-state index in [2.05, 4.69) is 0 Å². The third-order valence-corrected chi connectivity index (χ3v) is 4.80. The Morgan fingerprint density at radius 3 is 1.89 bits per heavy atom. The van der Waals surface area contributed by atoms with Crippen molar-refractivity contribution >= 4 is 10.0 Å². The molecule has 1 rings (SSSR count). The summed E-state index contributed by atoms with van der Waals surface area (Å²) < 4.78 is 26.3. The van der Waals surface area contributed by atoms with E-state index < -0.39 is 10.0 Å². The number of nitrogens with two attached hydrogens (primary N) is 1. The molecule has 0 radical (unpaired) electrons. The Morgan fingerprint density at radius 2 is 1.47 bits per heavy atom. The summed E-state index contributed by atoms with van der Waals surface area (Å²) in [5.41, 5.74) is 7.36. The van der Waals surface area contributed by atoms with Crippen LogP contribution < -0.4 is 5.73 Å². The lowest BCUT2D eigenvalue weighted by molar-refractivity contribution is 0.409. The molecule has 0 aliphatic carbocycles. The highest BCUT2D eigenvalue weighted by Gasteiger charge is 2.20. The second-order valence-electron chi connectivity index (χ2n) is 4.68. The average Bonchev–Trinajstić information content (AvgIpc) is 2.39. The van der Waals surface area contributed by atoms with E-state index >= 15 is 0 Å². The lowest BCUT2D eigenvalue weighted by atomic mass is 10.1. The zero-order valence-corrected chi connectivity index (χ0v) is 12.6. The summed E-state index contributed by atoms with van der Waals surface area (Å²) >= 11 is 0. The van der Waals surface area contributed by atoms with E-state index in [0.717, 1.165) is 24.0 Å². The van der Waals surface area contributed by atoms with Crippen LogP contribution in [0.2, 0.25) is 0 Å². The second-order valence-corrected chi connectivity index (χ2v) is 6.64. The van der Waals surface area contributed by atoms with Crippen LogP contribution in [0.1, 0.15) is 37.8 Å². The van der Waals surface area contributed by atoms with Crippen LogP contribution in [0.3, 0.4) is 0 Å². The first kappa shape index (κ1) is 16.1. The summed E-state index contributed by atoms with van der Waals surface area (Å²) in [7, 11) is -3.22. The van der Waals surface area contributed by atoms with Gasteiger partial charge in [-0.2, -0.15) is 0 Å². The standard InChI is InChI=1S/C14H24N2O2S/c1-3-9-16(10-4-2)19(17,18)12-14-7-5-13(11-15)6-8-14/h5-8H,3-4,9-12,15H2,1-2H3. The maximum absolute atomic E-state index is 12.3. The molecule has 0 fully saturated rings. The summed E-state index contributed by atoms with van der Waals surface area (Å²) in [6, 6.07) is 7.45. The molecule has 0 atom stereocenters. The predicted octanol–water partition coefficient (Wildman–Crippen LogP) is 2.10. The molecule has 0 aliphatic rings. The van der Waals surface area contributed by atoms with Crippen molar-refractivity contribution in [2.45, 2.75) is 39.0 Å². The first-order valence-electron chi connectivity index (χ1n) is 6.79. The quantitative estimate of drug-likeness (QED) is 0.795. The van der Waals surface area contributed by atoms with Gasteiger partial charge in [0, 0.05) is 19.6 Å². The van der Waals surface area contributed by atoms with Crippen LogP contribution in [0.5, 0.6) is 0 Å². The predicted molar refractivity (Wildman–Crippen MR) is 79.1 cm³/mol. The van der Waals surface area contributed by atoms with Gasteiger partial charge in [-0.1, -0.05) is 38.1 Å². The molecule has 19 heavy (non-hydrogen) atoms. The third-order valence-electron chi connectivity index (χ3n) is 2.95. The van der Waals surface area contributed by atoms with Gasteiger partial charge in [0.1, 0.15) is 0 Å². The molecule has 4 nitrogen and oxygen atoms in total. The van der Waals surface area contributed by atoms with E-state index in [9.17, 15) is 8.42 Å². The number of hydrogen-bond acceptors (Lipinski definition) is 3. The van der Waals surface area contributed by atoms with Crippen LogP contribution >= 0.6 is 0 Å². The fraction of sp³-hybridized carbons (Fsp3) is 0.571. The summed E-state index contributed by atoms with van der Waals surface area (Å²) in [6.07, 6.45) is 1.68. The average molecular weight is 284 g/mol. The normalized spacial score (nSPS) is 12.0. The van der Waals surface area contributed by atoms with Gasteiger partial charge < -0.3 is 5.73 Å². The molecule has 1 aromatic carbocycles. The number of hydrogen-bond donors (Lipinski definition) is 1. The van der Waals surface area contributed by atoms with Crippen LogP contribution in [-0.4, -0.2) is 25.8 Å². The fourth-order valence-electron chi connectivity index (χ4n) is 1.96. The minimum Gasteiger partial charge on any atom is -0.326 e. The second kappa shape index (κ2) is 7.62. The van der Waals surface area contributed by atoms with Crippen molar-refractivity contribution in [1.82, 2.24) is 4.31 Å². The molecule has 0 bridgehead atoms. The number of sulfonamides is 1. The number of benzene rings is 1. The van der Waals surface area contributed by atoms with E-state index in [1.807, 2.05) is 38.1 Å². The molecule has 108 valence electrons. The van der Waals surface area contributed by atoms with Crippen molar-refractivity contribution in [3.63, 3.8) is 0 Å². The van der Waals surface area contributed by atoms with Crippen molar-refractivity contribution in [2.24, 2.45) is 5.73 Å². The summed E-state index contributed by atoms with van der Waals surface area (Å²) in [6.45, 7) is 5.65. The zero-order valence-electron chi connectivity index (χ0n) is 11.8. The molecule has 0 aliphatic heterocycles. The molecule has 0 saturated carbocycles.